The van der Waals surface area contributed by atoms with E-state index in [9.17, 15) is 0 Å². The van der Waals surface area contributed by atoms with Gasteiger partial charge in [0.15, 0.2) is 0 Å². The summed E-state index contributed by atoms with van der Waals surface area (Å²) in [5.41, 5.74) is 6.68. The SMILES string of the molecule is Nc1c(S)c(I)cc2sccc12. The molecule has 1 aromatic heterocycles. The first kappa shape index (κ1) is 8.65. The van der Waals surface area contributed by atoms with Gasteiger partial charge in [-0.1, -0.05) is 0 Å². The van der Waals surface area contributed by atoms with Gasteiger partial charge in [-0.3, -0.25) is 0 Å². The quantitative estimate of drug-likeness (QED) is 0.435. The number of benzene rings is 1. The highest BCUT2D eigenvalue weighted by Gasteiger charge is 2.06. The Hall–Kier alpha value is 0.0600. The average Bonchev–Trinajstić information content (AvgIpc) is 2.48. The van der Waals surface area contributed by atoms with Crippen molar-refractivity contribution in [3.63, 3.8) is 0 Å². The van der Waals surface area contributed by atoms with E-state index >= 15 is 0 Å². The summed E-state index contributed by atoms with van der Waals surface area (Å²) in [5.74, 6) is 0. The van der Waals surface area contributed by atoms with Crippen LogP contribution in [0, 0.1) is 3.57 Å². The van der Waals surface area contributed by atoms with Crippen LogP contribution in [0.5, 0.6) is 0 Å². The Morgan fingerprint density at radius 1 is 1.50 bits per heavy atom. The van der Waals surface area contributed by atoms with Gasteiger partial charge in [-0.05, 0) is 40.1 Å². The second-order valence-electron chi connectivity index (χ2n) is 2.45. The fourth-order valence-electron chi connectivity index (χ4n) is 1.09. The zero-order valence-corrected chi connectivity index (χ0v) is 9.91. The molecule has 2 aromatic rings. The molecular weight excluding hydrogens is 301 g/mol. The maximum absolute atomic E-state index is 5.89. The van der Waals surface area contributed by atoms with Crippen LogP contribution in [0.2, 0.25) is 0 Å². The van der Waals surface area contributed by atoms with E-state index in [4.69, 9.17) is 5.73 Å². The summed E-state index contributed by atoms with van der Waals surface area (Å²) in [5, 5.41) is 3.16. The van der Waals surface area contributed by atoms with Crippen molar-refractivity contribution in [2.24, 2.45) is 0 Å². The third kappa shape index (κ3) is 1.22. The molecule has 0 aliphatic carbocycles. The molecule has 0 radical (unpaired) electrons. The number of thiophene rings is 1. The van der Waals surface area contributed by atoms with E-state index in [0.29, 0.717) is 0 Å². The molecule has 62 valence electrons. The summed E-state index contributed by atoms with van der Waals surface area (Å²) >= 11 is 8.29. The lowest BCUT2D eigenvalue weighted by molar-refractivity contribution is 1.47. The van der Waals surface area contributed by atoms with E-state index < -0.39 is 0 Å². The minimum Gasteiger partial charge on any atom is -0.397 e. The number of hydrogen-bond acceptors (Lipinski definition) is 3. The van der Waals surface area contributed by atoms with Gasteiger partial charge in [0.1, 0.15) is 0 Å². The fourth-order valence-corrected chi connectivity index (χ4v) is 2.93. The number of rotatable bonds is 0. The largest absolute Gasteiger partial charge is 0.397 e. The lowest BCUT2D eigenvalue weighted by Gasteiger charge is -2.02. The lowest BCUT2D eigenvalue weighted by Crippen LogP contribution is -1.89. The maximum atomic E-state index is 5.89. The van der Waals surface area contributed by atoms with E-state index in [1.165, 1.54) is 4.70 Å². The van der Waals surface area contributed by atoms with Gasteiger partial charge < -0.3 is 5.73 Å². The van der Waals surface area contributed by atoms with Gasteiger partial charge in [-0.15, -0.1) is 24.0 Å². The van der Waals surface area contributed by atoms with Crippen molar-refractivity contribution >= 4 is 62.3 Å². The van der Waals surface area contributed by atoms with Crippen molar-refractivity contribution in [3.8, 4) is 0 Å². The topological polar surface area (TPSA) is 26.0 Å². The fraction of sp³-hybridized carbons (Fsp3) is 0. The van der Waals surface area contributed by atoms with Crippen molar-refractivity contribution in [3.05, 3.63) is 21.1 Å². The number of anilines is 1. The Labute approximate surface area is 93.5 Å². The van der Waals surface area contributed by atoms with Crippen LogP contribution in [-0.4, -0.2) is 0 Å². The van der Waals surface area contributed by atoms with Gasteiger partial charge in [-0.25, -0.2) is 0 Å². The van der Waals surface area contributed by atoms with Crippen LogP contribution in [0.15, 0.2) is 22.4 Å². The van der Waals surface area contributed by atoms with Crippen LogP contribution in [0.3, 0.4) is 0 Å². The molecule has 12 heavy (non-hydrogen) atoms. The van der Waals surface area contributed by atoms with Gasteiger partial charge in [0, 0.05) is 18.6 Å². The zero-order chi connectivity index (χ0) is 8.72. The van der Waals surface area contributed by atoms with E-state index in [-0.39, 0.29) is 0 Å². The highest BCUT2D eigenvalue weighted by atomic mass is 127. The Balaban J connectivity index is 2.94. The van der Waals surface area contributed by atoms with Crippen LogP contribution in [0.4, 0.5) is 5.69 Å². The normalized spacial score (nSPS) is 10.8. The first-order valence-electron chi connectivity index (χ1n) is 3.34. The third-order valence-electron chi connectivity index (χ3n) is 1.72. The number of hydrogen-bond donors (Lipinski definition) is 2. The van der Waals surface area contributed by atoms with E-state index in [0.717, 1.165) is 19.5 Å². The standard InChI is InChI=1S/C8H6INS2/c9-5-3-6-4(1-2-12-6)7(10)8(5)11/h1-3,11H,10H2. The molecule has 0 saturated heterocycles. The van der Waals surface area contributed by atoms with Gasteiger partial charge in [0.05, 0.1) is 5.69 Å². The average molecular weight is 307 g/mol. The van der Waals surface area contributed by atoms with E-state index in [1.807, 2.05) is 11.4 Å². The molecule has 1 nitrogen and oxygen atoms in total. The predicted octanol–water partition coefficient (Wildman–Crippen LogP) is 3.38. The molecule has 2 rings (SSSR count). The van der Waals surface area contributed by atoms with E-state index in [1.54, 1.807) is 11.3 Å². The highest BCUT2D eigenvalue weighted by Crippen LogP contribution is 2.34. The van der Waals surface area contributed by atoms with Gasteiger partial charge in [-0.2, -0.15) is 0 Å². The monoisotopic (exact) mass is 307 g/mol. The Kier molecular flexibility index (Phi) is 2.22. The molecule has 0 aliphatic heterocycles. The summed E-state index contributed by atoms with van der Waals surface area (Å²) in [6.45, 7) is 0. The highest BCUT2D eigenvalue weighted by molar-refractivity contribution is 14.1. The van der Waals surface area contributed by atoms with Crippen molar-refractivity contribution in [2.75, 3.05) is 5.73 Å². The summed E-state index contributed by atoms with van der Waals surface area (Å²) in [4.78, 5) is 0.890. The minimum atomic E-state index is 0.793. The molecule has 0 atom stereocenters. The summed E-state index contributed by atoms with van der Waals surface area (Å²) < 4.78 is 2.35. The first-order valence-corrected chi connectivity index (χ1v) is 5.75. The first-order chi connectivity index (χ1) is 5.70. The Morgan fingerprint density at radius 3 is 3.00 bits per heavy atom. The van der Waals surface area contributed by atoms with Crippen molar-refractivity contribution in [2.45, 2.75) is 4.90 Å². The number of nitrogens with two attached hydrogens (primary N) is 1. The number of thiol groups is 1. The second kappa shape index (κ2) is 3.08. The van der Waals surface area contributed by atoms with Crippen LogP contribution < -0.4 is 5.73 Å². The lowest BCUT2D eigenvalue weighted by atomic mass is 10.2. The molecule has 0 fully saturated rings. The smallest absolute Gasteiger partial charge is 0.0548 e. The van der Waals surface area contributed by atoms with Gasteiger partial charge >= 0.3 is 0 Å². The number of nitrogen functional groups attached to an aromatic ring is 1. The molecular formula is C8H6INS2. The van der Waals surface area contributed by atoms with Crippen LogP contribution in [-0.2, 0) is 0 Å². The zero-order valence-electron chi connectivity index (χ0n) is 6.04. The Bertz CT molecular complexity index is 436. The van der Waals surface area contributed by atoms with Crippen molar-refractivity contribution in [1.82, 2.24) is 0 Å². The molecule has 4 heteroatoms. The van der Waals surface area contributed by atoms with Crippen molar-refractivity contribution in [1.29, 1.82) is 0 Å². The minimum absolute atomic E-state index is 0.793. The maximum Gasteiger partial charge on any atom is 0.0548 e. The predicted molar refractivity (Wildman–Crippen MR) is 66.2 cm³/mol. The summed E-state index contributed by atoms with van der Waals surface area (Å²) in [7, 11) is 0. The number of fused-ring (bicyclic) bond motifs is 1. The molecule has 0 spiro atoms. The molecule has 1 aromatic carbocycles. The third-order valence-corrected chi connectivity index (χ3v) is 4.35. The molecule has 2 N–H and O–H groups in total. The summed E-state index contributed by atoms with van der Waals surface area (Å²) in [6, 6.07) is 4.14. The molecule has 0 unspecified atom stereocenters. The van der Waals surface area contributed by atoms with E-state index in [2.05, 4.69) is 41.3 Å². The second-order valence-corrected chi connectivity index (χ2v) is 5.01. The van der Waals surface area contributed by atoms with Crippen LogP contribution >= 0.6 is 46.6 Å². The van der Waals surface area contributed by atoms with Gasteiger partial charge in [0.25, 0.3) is 0 Å². The van der Waals surface area contributed by atoms with Crippen LogP contribution in [0.1, 0.15) is 0 Å². The molecule has 0 aliphatic rings. The summed E-state index contributed by atoms with van der Waals surface area (Å²) in [6.07, 6.45) is 0. The molecule has 0 saturated carbocycles. The molecule has 1 heterocycles. The van der Waals surface area contributed by atoms with Gasteiger partial charge in [0.2, 0.25) is 0 Å². The molecule has 0 bridgehead atoms. The Morgan fingerprint density at radius 2 is 2.25 bits per heavy atom. The molecule has 0 amide bonds. The van der Waals surface area contributed by atoms with Crippen LogP contribution in [0.25, 0.3) is 10.1 Å². The number of halogens is 1. The van der Waals surface area contributed by atoms with Crippen molar-refractivity contribution < 1.29 is 0 Å².